The third-order valence-electron chi connectivity index (χ3n) is 6.65. The Kier molecular flexibility index (Phi) is 6.88. The minimum absolute atomic E-state index is 0. The number of benzene rings is 1. The summed E-state index contributed by atoms with van der Waals surface area (Å²) in [6.45, 7) is 2.39. The summed E-state index contributed by atoms with van der Waals surface area (Å²) in [6.07, 6.45) is 2.87. The van der Waals surface area contributed by atoms with Gasteiger partial charge in [-0.05, 0) is 55.9 Å². The van der Waals surface area contributed by atoms with Gasteiger partial charge in [0.2, 0.25) is 5.75 Å². The van der Waals surface area contributed by atoms with Gasteiger partial charge < -0.3 is 34.6 Å². The van der Waals surface area contributed by atoms with E-state index in [1.165, 1.54) is 0 Å². The van der Waals surface area contributed by atoms with E-state index in [4.69, 9.17) is 9.84 Å². The lowest BCUT2D eigenvalue weighted by molar-refractivity contribution is 0.110. The molecule has 182 valence electrons. The molecule has 5 rings (SSSR count). The first-order valence-corrected chi connectivity index (χ1v) is 11.2. The van der Waals surface area contributed by atoms with E-state index in [2.05, 4.69) is 31.7 Å². The molecule has 1 unspecified atom stereocenters. The summed E-state index contributed by atoms with van der Waals surface area (Å²) in [5.41, 5.74) is 4.41. The van der Waals surface area contributed by atoms with Gasteiger partial charge in [0.1, 0.15) is 0 Å². The number of pyridine rings is 1. The zero-order chi connectivity index (χ0) is 23.1. The quantitative estimate of drug-likeness (QED) is 0.404. The van der Waals surface area contributed by atoms with Crippen molar-refractivity contribution >= 4 is 29.5 Å². The van der Waals surface area contributed by atoms with Crippen molar-refractivity contribution < 1.29 is 24.5 Å². The predicted molar refractivity (Wildman–Crippen MR) is 129 cm³/mol. The molecule has 0 bridgehead atoms. The van der Waals surface area contributed by atoms with Crippen LogP contribution < -0.4 is 15.6 Å². The minimum atomic E-state index is -1.64. The Labute approximate surface area is 202 Å². The van der Waals surface area contributed by atoms with Crippen molar-refractivity contribution in [3.63, 3.8) is 0 Å². The number of hydrogen-bond donors (Lipinski definition) is 4. The molecule has 2 aromatic heterocycles. The number of halogens is 1. The first kappa shape index (κ1) is 24.1. The van der Waals surface area contributed by atoms with Crippen molar-refractivity contribution in [3.8, 4) is 22.8 Å². The molecule has 2 aliphatic rings. The second-order valence-corrected chi connectivity index (χ2v) is 8.74. The summed E-state index contributed by atoms with van der Waals surface area (Å²) in [4.78, 5) is 26.2. The number of H-pyrrole nitrogens is 1. The highest BCUT2D eigenvalue weighted by atomic mass is 35.5. The van der Waals surface area contributed by atoms with Crippen LogP contribution in [0.2, 0.25) is 0 Å². The molecule has 3 heterocycles. The summed E-state index contributed by atoms with van der Waals surface area (Å²) >= 11 is 0. The van der Waals surface area contributed by atoms with Gasteiger partial charge >= 0.3 is 6.16 Å². The molecule has 0 amide bonds. The molecular weight excluding hydrogens is 462 g/mol. The van der Waals surface area contributed by atoms with Crippen LogP contribution in [0.5, 0.6) is 11.5 Å². The maximum Gasteiger partial charge on any atom is 0.511 e. The molecule has 4 N–H and O–H groups in total. The molecule has 0 radical (unpaired) electrons. The van der Waals surface area contributed by atoms with Gasteiger partial charge in [-0.15, -0.1) is 12.4 Å². The van der Waals surface area contributed by atoms with E-state index in [1.807, 2.05) is 13.1 Å². The number of aryl methyl sites for hydroxylation is 2. The van der Waals surface area contributed by atoms with Gasteiger partial charge in [0.15, 0.2) is 5.75 Å². The number of nitrogens with one attached hydrogen (secondary N) is 2. The Morgan fingerprint density at radius 2 is 2.12 bits per heavy atom. The Morgan fingerprint density at radius 3 is 2.85 bits per heavy atom. The van der Waals surface area contributed by atoms with Crippen molar-refractivity contribution in [2.24, 2.45) is 7.05 Å². The SMILES string of the molecule is Cl.Cn1c(CNCC2CCCO2)cc2cc3c(cc21)CCCc1c-3[nH]c(=O)c(OC(=O)O)c1O. The lowest BCUT2D eigenvalue weighted by Gasteiger charge is -2.13. The highest BCUT2D eigenvalue weighted by Crippen LogP contribution is 2.40. The largest absolute Gasteiger partial charge is 0.511 e. The maximum atomic E-state index is 12.5. The molecule has 1 aliphatic heterocycles. The molecule has 3 aromatic rings. The van der Waals surface area contributed by atoms with Crippen LogP contribution in [0.25, 0.3) is 22.2 Å². The van der Waals surface area contributed by atoms with Crippen LogP contribution in [-0.4, -0.2) is 45.2 Å². The lowest BCUT2D eigenvalue weighted by atomic mass is 9.99. The van der Waals surface area contributed by atoms with E-state index in [9.17, 15) is 14.7 Å². The van der Waals surface area contributed by atoms with Gasteiger partial charge in [-0.2, -0.15) is 0 Å². The Hall–Kier alpha value is -3.01. The van der Waals surface area contributed by atoms with Gasteiger partial charge in [0.25, 0.3) is 5.56 Å². The second kappa shape index (κ2) is 9.69. The van der Waals surface area contributed by atoms with Gasteiger partial charge in [-0.25, -0.2) is 4.79 Å². The Morgan fingerprint density at radius 1 is 1.29 bits per heavy atom. The van der Waals surface area contributed by atoms with Crippen LogP contribution in [0.3, 0.4) is 0 Å². The molecule has 10 heteroatoms. The highest BCUT2D eigenvalue weighted by molar-refractivity contribution is 5.89. The number of carbonyl (C=O) groups is 1. The number of aromatic nitrogens is 2. The van der Waals surface area contributed by atoms with Crippen molar-refractivity contribution in [3.05, 3.63) is 45.4 Å². The van der Waals surface area contributed by atoms with Gasteiger partial charge in [0.05, 0.1) is 11.8 Å². The fraction of sp³-hybridized carbons (Fsp3) is 0.417. The molecular formula is C24H28ClN3O6. The van der Waals surface area contributed by atoms with Crippen LogP contribution in [0, 0.1) is 0 Å². The Balaban J connectivity index is 0.00000274. The molecule has 1 saturated heterocycles. The van der Waals surface area contributed by atoms with Gasteiger partial charge in [-0.1, -0.05) is 0 Å². The Bertz CT molecular complexity index is 1290. The van der Waals surface area contributed by atoms with Crippen molar-refractivity contribution in [2.45, 2.75) is 44.8 Å². The topological polar surface area (TPSA) is 126 Å². The summed E-state index contributed by atoms with van der Waals surface area (Å²) < 4.78 is 12.4. The number of fused-ring (bicyclic) bond motifs is 4. The van der Waals surface area contributed by atoms with Crippen LogP contribution >= 0.6 is 12.4 Å². The fourth-order valence-electron chi connectivity index (χ4n) is 4.98. The first-order chi connectivity index (χ1) is 15.9. The van der Waals surface area contributed by atoms with Crippen molar-refractivity contribution in [1.29, 1.82) is 0 Å². The molecule has 1 aliphatic carbocycles. The maximum absolute atomic E-state index is 12.5. The minimum Gasteiger partial charge on any atom is -0.504 e. The first-order valence-electron chi connectivity index (χ1n) is 11.2. The van der Waals surface area contributed by atoms with E-state index in [1.54, 1.807) is 0 Å². The predicted octanol–water partition coefficient (Wildman–Crippen LogP) is 3.48. The monoisotopic (exact) mass is 489 g/mol. The standard InChI is InChI=1S/C24H27N3O6.ClH/c1-27-15(11-25-12-16-5-3-7-32-16)8-14-9-18-13(10-19(14)27)4-2-6-17-20(18)26-23(29)22(21(17)28)33-24(30)31;/h8-10,16,25H,2-7,11-12H2,1H3,(H,30,31)(H2,26,28,29);1H. The number of rotatable bonds is 5. The third-order valence-corrected chi connectivity index (χ3v) is 6.65. The van der Waals surface area contributed by atoms with E-state index in [0.29, 0.717) is 17.7 Å². The number of aromatic hydroxyl groups is 1. The third kappa shape index (κ3) is 4.38. The smallest absolute Gasteiger partial charge is 0.504 e. The zero-order valence-electron chi connectivity index (χ0n) is 18.8. The molecule has 1 aromatic carbocycles. The average molecular weight is 490 g/mol. The number of ether oxygens (including phenoxy) is 2. The van der Waals surface area contributed by atoms with Crippen molar-refractivity contribution in [2.75, 3.05) is 13.2 Å². The molecule has 9 nitrogen and oxygen atoms in total. The van der Waals surface area contributed by atoms with Gasteiger partial charge in [-0.3, -0.25) is 4.79 Å². The van der Waals surface area contributed by atoms with E-state index < -0.39 is 23.2 Å². The number of hydrogen-bond acceptors (Lipinski definition) is 6. The molecule has 1 atom stereocenters. The van der Waals surface area contributed by atoms with Gasteiger partial charge in [0, 0.05) is 54.5 Å². The summed E-state index contributed by atoms with van der Waals surface area (Å²) in [5, 5.41) is 24.1. The van der Waals surface area contributed by atoms with Crippen LogP contribution in [-0.2, 0) is 31.2 Å². The molecule has 34 heavy (non-hydrogen) atoms. The fourth-order valence-corrected chi connectivity index (χ4v) is 4.98. The normalized spacial score (nSPS) is 17.0. The molecule has 0 spiro atoms. The highest BCUT2D eigenvalue weighted by Gasteiger charge is 2.25. The molecule has 0 saturated carbocycles. The summed E-state index contributed by atoms with van der Waals surface area (Å²) in [5.74, 6) is -0.985. The summed E-state index contributed by atoms with van der Waals surface area (Å²) in [7, 11) is 2.05. The van der Waals surface area contributed by atoms with Crippen LogP contribution in [0.15, 0.2) is 23.0 Å². The average Bonchev–Trinajstić information content (AvgIpc) is 3.35. The number of nitrogens with zero attached hydrogens (tertiary/aromatic N) is 1. The van der Waals surface area contributed by atoms with E-state index >= 15 is 0 Å². The molecule has 1 fully saturated rings. The number of aromatic amines is 1. The number of carboxylic acid groups (broad SMARTS) is 1. The second-order valence-electron chi connectivity index (χ2n) is 8.74. The van der Waals surface area contributed by atoms with E-state index in [-0.39, 0.29) is 18.5 Å². The van der Waals surface area contributed by atoms with E-state index in [0.717, 1.165) is 73.1 Å². The summed E-state index contributed by atoms with van der Waals surface area (Å²) in [6, 6.07) is 6.30. The van der Waals surface area contributed by atoms with Crippen LogP contribution in [0.1, 0.15) is 36.1 Å². The lowest BCUT2D eigenvalue weighted by Crippen LogP contribution is -2.26. The zero-order valence-corrected chi connectivity index (χ0v) is 19.7. The van der Waals surface area contributed by atoms with Crippen LogP contribution in [0.4, 0.5) is 4.79 Å². The van der Waals surface area contributed by atoms with Crippen molar-refractivity contribution in [1.82, 2.24) is 14.9 Å².